The highest BCUT2D eigenvalue weighted by molar-refractivity contribution is 7.99. The normalized spacial score (nSPS) is 21.6. The monoisotopic (exact) mass is 408 g/mol. The Bertz CT molecular complexity index is 858. The number of thioether (sulfide) groups is 1. The van der Waals surface area contributed by atoms with Crippen molar-refractivity contribution in [1.29, 1.82) is 0 Å². The van der Waals surface area contributed by atoms with Crippen LogP contribution in [-0.2, 0) is 24.6 Å². The third-order valence-electron chi connectivity index (χ3n) is 4.67. The number of ether oxygens (including phenoxy) is 3. The van der Waals surface area contributed by atoms with Gasteiger partial charge in [-0.15, -0.1) is 0 Å². The van der Waals surface area contributed by atoms with E-state index in [9.17, 15) is 9.59 Å². The maximum absolute atomic E-state index is 13.2. The van der Waals surface area contributed by atoms with Gasteiger partial charge < -0.3 is 14.2 Å². The lowest BCUT2D eigenvalue weighted by atomic mass is 9.84. The molecule has 1 fully saturated rings. The van der Waals surface area contributed by atoms with Gasteiger partial charge in [0.1, 0.15) is 6.33 Å². The molecule has 0 radical (unpaired) electrons. The molecule has 3 heterocycles. The average molecular weight is 408 g/mol. The number of fused-ring (bicyclic) bond motifs is 1. The second-order valence-corrected chi connectivity index (χ2v) is 7.29. The summed E-state index contributed by atoms with van der Waals surface area (Å²) >= 11 is 1.59. The first-order chi connectivity index (χ1) is 13.6. The van der Waals surface area contributed by atoms with Crippen molar-refractivity contribution in [3.05, 3.63) is 12.7 Å². The third-order valence-corrected chi connectivity index (χ3v) is 5.96. The summed E-state index contributed by atoms with van der Waals surface area (Å²) < 4.78 is 17.8. The molecule has 0 unspecified atom stereocenters. The summed E-state index contributed by atoms with van der Waals surface area (Å²) in [7, 11) is 0. The summed E-state index contributed by atoms with van der Waals surface area (Å²) in [6.07, 6.45) is 3.05. The molecule has 0 spiro atoms. The topological polar surface area (TPSA) is 105 Å². The second kappa shape index (κ2) is 8.76. The van der Waals surface area contributed by atoms with E-state index in [4.69, 9.17) is 14.2 Å². The van der Waals surface area contributed by atoms with Crippen molar-refractivity contribution in [1.82, 2.24) is 19.5 Å². The Morgan fingerprint density at radius 3 is 2.68 bits per heavy atom. The highest BCUT2D eigenvalue weighted by atomic mass is 32.2. The molecule has 1 saturated heterocycles. The lowest BCUT2D eigenvalue weighted by Gasteiger charge is -2.33. The van der Waals surface area contributed by atoms with Crippen molar-refractivity contribution in [2.75, 3.05) is 31.3 Å². The van der Waals surface area contributed by atoms with Gasteiger partial charge in [-0.3, -0.25) is 9.36 Å². The molecule has 152 valence electrons. The van der Waals surface area contributed by atoms with E-state index in [1.807, 2.05) is 6.92 Å². The lowest BCUT2D eigenvalue weighted by Crippen LogP contribution is -2.49. The summed E-state index contributed by atoms with van der Waals surface area (Å²) in [5, 5.41) is 0. The SMILES string of the molecule is CCOC(=O)C[C@@H]1CSC[C@]1(C(=O)OCC)n1cnc2c(OCC)ncnc21. The van der Waals surface area contributed by atoms with Crippen LogP contribution in [0.5, 0.6) is 5.88 Å². The molecule has 0 aromatic carbocycles. The van der Waals surface area contributed by atoms with Gasteiger partial charge >= 0.3 is 11.9 Å². The van der Waals surface area contributed by atoms with E-state index >= 15 is 0 Å². The summed E-state index contributed by atoms with van der Waals surface area (Å²) in [5.74, 6) is 0.398. The van der Waals surface area contributed by atoms with Gasteiger partial charge in [0.05, 0.1) is 32.6 Å². The van der Waals surface area contributed by atoms with Gasteiger partial charge in [0.2, 0.25) is 5.88 Å². The van der Waals surface area contributed by atoms with E-state index in [1.165, 1.54) is 6.33 Å². The summed E-state index contributed by atoms with van der Waals surface area (Å²) in [6.45, 7) is 6.34. The van der Waals surface area contributed by atoms with Crippen LogP contribution in [0.2, 0.25) is 0 Å². The lowest BCUT2D eigenvalue weighted by molar-refractivity contribution is -0.156. The van der Waals surface area contributed by atoms with Crippen LogP contribution in [0.25, 0.3) is 11.2 Å². The molecule has 0 amide bonds. The van der Waals surface area contributed by atoms with E-state index in [0.29, 0.717) is 41.8 Å². The van der Waals surface area contributed by atoms with Gasteiger partial charge in [0.25, 0.3) is 0 Å². The van der Waals surface area contributed by atoms with E-state index < -0.39 is 11.5 Å². The summed E-state index contributed by atoms with van der Waals surface area (Å²) in [5.41, 5.74) is -0.150. The molecular formula is C18H24N4O5S. The zero-order valence-corrected chi connectivity index (χ0v) is 17.0. The molecule has 1 aliphatic rings. The van der Waals surface area contributed by atoms with Crippen molar-refractivity contribution in [3.8, 4) is 5.88 Å². The van der Waals surface area contributed by atoms with Crippen LogP contribution in [0.1, 0.15) is 27.2 Å². The molecular weight excluding hydrogens is 384 g/mol. The molecule has 0 saturated carbocycles. The van der Waals surface area contributed by atoms with Crippen molar-refractivity contribution in [2.45, 2.75) is 32.7 Å². The van der Waals surface area contributed by atoms with Crippen molar-refractivity contribution < 1.29 is 23.8 Å². The van der Waals surface area contributed by atoms with Crippen molar-refractivity contribution in [2.24, 2.45) is 5.92 Å². The fourth-order valence-corrected chi connectivity index (χ4v) is 5.06. The van der Waals surface area contributed by atoms with Crippen LogP contribution in [0, 0.1) is 5.92 Å². The molecule has 2 aromatic heterocycles. The van der Waals surface area contributed by atoms with Gasteiger partial charge in [0, 0.05) is 11.7 Å². The van der Waals surface area contributed by atoms with E-state index in [2.05, 4.69) is 15.0 Å². The van der Waals surface area contributed by atoms with Gasteiger partial charge in [-0.05, 0) is 26.5 Å². The Kier molecular flexibility index (Phi) is 6.38. The third kappa shape index (κ3) is 3.52. The smallest absolute Gasteiger partial charge is 0.333 e. The predicted octanol–water partition coefficient (Wildman–Crippen LogP) is 1.80. The number of nitrogens with zero attached hydrogens (tertiary/aromatic N) is 4. The van der Waals surface area contributed by atoms with Crippen molar-refractivity contribution >= 4 is 34.9 Å². The van der Waals surface area contributed by atoms with Crippen LogP contribution < -0.4 is 4.74 Å². The van der Waals surface area contributed by atoms with Crippen LogP contribution in [0.15, 0.2) is 12.7 Å². The molecule has 0 bridgehead atoms. The second-order valence-electron chi connectivity index (χ2n) is 6.26. The Balaban J connectivity index is 2.10. The molecule has 2 atom stereocenters. The maximum atomic E-state index is 13.2. The minimum atomic E-state index is -1.10. The number of hydrogen-bond acceptors (Lipinski definition) is 9. The minimum absolute atomic E-state index is 0.114. The number of rotatable bonds is 8. The largest absolute Gasteiger partial charge is 0.476 e. The first-order valence-electron chi connectivity index (χ1n) is 9.30. The highest BCUT2D eigenvalue weighted by Crippen LogP contribution is 2.44. The van der Waals surface area contributed by atoms with Crippen LogP contribution >= 0.6 is 11.8 Å². The van der Waals surface area contributed by atoms with Crippen molar-refractivity contribution in [3.63, 3.8) is 0 Å². The van der Waals surface area contributed by atoms with E-state index in [1.54, 1.807) is 36.5 Å². The molecule has 2 aromatic rings. The molecule has 9 nitrogen and oxygen atoms in total. The summed E-state index contributed by atoms with van der Waals surface area (Å²) in [4.78, 5) is 38.2. The Morgan fingerprint density at radius 2 is 1.96 bits per heavy atom. The quantitative estimate of drug-likeness (QED) is 0.604. The average Bonchev–Trinajstić information content (AvgIpc) is 3.28. The molecule has 0 aliphatic carbocycles. The number of imidazole rings is 1. The number of hydrogen-bond donors (Lipinski definition) is 0. The molecule has 3 rings (SSSR count). The number of carbonyl (C=O) groups is 2. The Morgan fingerprint density at radius 1 is 1.18 bits per heavy atom. The van der Waals surface area contributed by atoms with E-state index in [-0.39, 0.29) is 24.9 Å². The standard InChI is InChI=1S/C18H24N4O5S/c1-4-25-13(23)7-12-8-28-9-18(12,17(24)27-6-3)22-11-21-14-15(22)19-10-20-16(14)26-5-2/h10-12H,4-9H2,1-3H3/t12-,18+/m1/s1. The first kappa shape index (κ1) is 20.4. The Labute approximate surface area is 167 Å². The molecule has 1 aliphatic heterocycles. The van der Waals surface area contributed by atoms with Gasteiger partial charge in [0.15, 0.2) is 16.7 Å². The number of aromatic nitrogens is 4. The molecule has 28 heavy (non-hydrogen) atoms. The zero-order chi connectivity index (χ0) is 20.1. The first-order valence-corrected chi connectivity index (χ1v) is 10.5. The zero-order valence-electron chi connectivity index (χ0n) is 16.2. The van der Waals surface area contributed by atoms with Gasteiger partial charge in [-0.25, -0.2) is 14.8 Å². The van der Waals surface area contributed by atoms with Gasteiger partial charge in [-0.2, -0.15) is 16.7 Å². The fraction of sp³-hybridized carbons (Fsp3) is 0.611. The maximum Gasteiger partial charge on any atom is 0.333 e. The molecule has 10 heteroatoms. The number of esters is 2. The van der Waals surface area contributed by atoms with Crippen LogP contribution in [-0.4, -0.2) is 62.8 Å². The fourth-order valence-electron chi connectivity index (χ4n) is 3.46. The highest BCUT2D eigenvalue weighted by Gasteiger charge is 2.54. The van der Waals surface area contributed by atoms with Crippen LogP contribution in [0.4, 0.5) is 0 Å². The molecule has 0 N–H and O–H groups in total. The Hall–Kier alpha value is -2.36. The van der Waals surface area contributed by atoms with Gasteiger partial charge in [-0.1, -0.05) is 0 Å². The minimum Gasteiger partial charge on any atom is -0.476 e. The van der Waals surface area contributed by atoms with E-state index in [0.717, 1.165) is 0 Å². The number of carbonyl (C=O) groups excluding carboxylic acids is 2. The predicted molar refractivity (Wildman–Crippen MR) is 103 cm³/mol. The van der Waals surface area contributed by atoms with Crippen LogP contribution in [0.3, 0.4) is 0 Å². The summed E-state index contributed by atoms with van der Waals surface area (Å²) in [6, 6.07) is 0.